The number of thiocarbonyl (C=S) groups is 3. The number of rotatable bonds is 24. The van der Waals surface area contributed by atoms with E-state index in [2.05, 4.69) is 0 Å². The van der Waals surface area contributed by atoms with Crippen LogP contribution in [0.25, 0.3) is 0 Å². The maximum absolute atomic E-state index is 10.3. The molecule has 276 valence electrons. The standard InChI is InChI=1S/3C9H15NO4S2.3Na/c3*11-7(12)3-1-5-10(9(15)16)6-2-4-8(13)14;;;/h3*1-6H2,(H,11,12)(H,13,14)(H,15,16);;;/q;;;3*+1/p-3. The van der Waals surface area contributed by atoms with E-state index in [-0.39, 0.29) is 140 Å². The molecule has 6 N–H and O–H groups in total. The second kappa shape index (κ2) is 41.3. The molecule has 15 nitrogen and oxygen atoms in total. The number of aliphatic carboxylic acids is 6. The molecule has 0 fully saturated rings. The van der Waals surface area contributed by atoms with Crippen LogP contribution in [-0.4, -0.2) is 133 Å². The fraction of sp³-hybridized carbons (Fsp3) is 0.667. The van der Waals surface area contributed by atoms with Crippen molar-refractivity contribution in [2.75, 3.05) is 39.3 Å². The molecule has 0 aliphatic carbocycles. The predicted molar refractivity (Wildman–Crippen MR) is 196 cm³/mol. The Balaban J connectivity index is -0.000000145. The van der Waals surface area contributed by atoms with E-state index in [1.165, 1.54) is 0 Å². The smallest absolute Gasteiger partial charge is 0.481 e. The second-order valence-electron chi connectivity index (χ2n) is 9.74. The summed E-state index contributed by atoms with van der Waals surface area (Å²) < 4.78 is 0.780. The van der Waals surface area contributed by atoms with Crippen LogP contribution in [0.3, 0.4) is 0 Å². The Bertz CT molecular complexity index is 896. The molecule has 0 rings (SSSR count). The molecular formula is C27H42N3Na3O12S6. The summed E-state index contributed by atoms with van der Waals surface area (Å²) in [4.78, 5) is 66.8. The Morgan fingerprint density at radius 2 is 0.471 bits per heavy atom. The van der Waals surface area contributed by atoms with Crippen LogP contribution >= 0.6 is 36.7 Å². The van der Waals surface area contributed by atoms with Crippen molar-refractivity contribution in [3.63, 3.8) is 0 Å². The zero-order valence-corrected chi connectivity index (χ0v) is 40.1. The summed E-state index contributed by atoms with van der Waals surface area (Å²) in [6.45, 7) is 2.80. The van der Waals surface area contributed by atoms with E-state index in [0.29, 0.717) is 77.8 Å². The normalized spacial score (nSPS) is 9.18. The summed E-state index contributed by atoms with van der Waals surface area (Å²) in [7, 11) is 0. The number of carbonyl (C=O) groups is 6. The average molecular weight is 862 g/mol. The van der Waals surface area contributed by atoms with Crippen molar-refractivity contribution >= 4 is 123 Å². The van der Waals surface area contributed by atoms with Gasteiger partial charge in [-0.15, -0.1) is 0 Å². The molecular weight excluding hydrogens is 820 g/mol. The number of nitrogens with zero attached hydrogens (tertiary/aromatic N) is 3. The minimum atomic E-state index is -0.860. The van der Waals surface area contributed by atoms with Gasteiger partial charge >= 0.3 is 124 Å². The van der Waals surface area contributed by atoms with E-state index >= 15 is 0 Å². The van der Waals surface area contributed by atoms with Gasteiger partial charge in [-0.3, -0.25) is 28.8 Å². The van der Waals surface area contributed by atoms with Crippen LogP contribution in [0.4, 0.5) is 0 Å². The molecule has 0 aromatic heterocycles. The molecule has 0 aromatic rings. The van der Waals surface area contributed by atoms with Gasteiger partial charge in [-0.05, 0) is 38.5 Å². The third kappa shape index (κ3) is 50.2. The summed E-state index contributed by atoms with van der Waals surface area (Å²) in [6.07, 6.45) is 3.12. The molecule has 0 amide bonds. The van der Waals surface area contributed by atoms with E-state index in [1.54, 1.807) is 14.7 Å². The van der Waals surface area contributed by atoms with Crippen molar-refractivity contribution in [1.82, 2.24) is 14.7 Å². The summed E-state index contributed by atoms with van der Waals surface area (Å²) >= 11 is 28.9. The Morgan fingerprint density at radius 1 is 0.353 bits per heavy atom. The first-order valence-electron chi connectivity index (χ1n) is 14.5. The first kappa shape index (κ1) is 63.1. The van der Waals surface area contributed by atoms with E-state index in [4.69, 9.17) is 105 Å². The zero-order valence-electron chi connectivity index (χ0n) is 29.2. The minimum Gasteiger partial charge on any atom is -0.481 e. The largest absolute Gasteiger partial charge is 1.00 e. The first-order valence-corrected chi connectivity index (χ1v) is 16.9. The van der Waals surface area contributed by atoms with Gasteiger partial charge in [0.2, 0.25) is 0 Å². The topological polar surface area (TPSA) is 234 Å². The SMILES string of the molecule is O=C(O)CCCN(CCCC(=O)O)C(=S)[S-].O=C(O)CCCN(CCCC(=O)O)C(=S)[S-].O=C(O)CCCN(CCCC(=O)O)C(=S)[S-].[Na+].[Na+].[Na+]. The molecule has 0 spiro atoms. The van der Waals surface area contributed by atoms with E-state index in [0.717, 1.165) is 0 Å². The van der Waals surface area contributed by atoms with Gasteiger partial charge in [0.1, 0.15) is 0 Å². The second-order valence-corrected chi connectivity index (χ2v) is 12.8. The van der Waals surface area contributed by atoms with E-state index in [1.807, 2.05) is 0 Å². The van der Waals surface area contributed by atoms with Crippen LogP contribution < -0.4 is 88.7 Å². The van der Waals surface area contributed by atoms with Crippen molar-refractivity contribution in [3.8, 4) is 0 Å². The summed E-state index contributed by atoms with van der Waals surface area (Å²) in [5, 5.41) is 50.8. The molecule has 0 radical (unpaired) electrons. The minimum absolute atomic E-state index is 0. The molecule has 0 atom stereocenters. The van der Waals surface area contributed by atoms with Gasteiger partial charge in [-0.2, -0.15) is 0 Å². The number of hydrogen-bond acceptors (Lipinski definition) is 12. The Labute approximate surface area is 397 Å². The Morgan fingerprint density at radius 3 is 0.549 bits per heavy atom. The number of hydrogen-bond donors (Lipinski definition) is 6. The summed E-state index contributed by atoms with van der Waals surface area (Å²) in [5.74, 6) is -5.16. The van der Waals surface area contributed by atoms with Crippen molar-refractivity contribution in [3.05, 3.63) is 0 Å². The molecule has 0 bridgehead atoms. The molecule has 0 saturated carbocycles. The maximum atomic E-state index is 10.3. The first-order chi connectivity index (χ1) is 22.3. The molecule has 51 heavy (non-hydrogen) atoms. The Kier molecular flexibility index (Phi) is 51.1. The van der Waals surface area contributed by atoms with Crippen molar-refractivity contribution in [1.29, 1.82) is 0 Å². The molecule has 0 aliphatic heterocycles. The third-order valence-corrected chi connectivity index (χ3v) is 7.24. The van der Waals surface area contributed by atoms with Crippen molar-refractivity contribution in [2.24, 2.45) is 0 Å². The van der Waals surface area contributed by atoms with Gasteiger partial charge in [0.15, 0.2) is 0 Å². The van der Waals surface area contributed by atoms with Crippen LogP contribution in [0.15, 0.2) is 0 Å². The fourth-order valence-corrected chi connectivity index (χ4v) is 4.51. The fourth-order valence-electron chi connectivity index (χ4n) is 3.41. The van der Waals surface area contributed by atoms with Gasteiger partial charge in [0, 0.05) is 77.8 Å². The van der Waals surface area contributed by atoms with Crippen LogP contribution in [0.5, 0.6) is 0 Å². The van der Waals surface area contributed by atoms with Gasteiger partial charge in [-0.1, -0.05) is 13.0 Å². The summed E-state index contributed by atoms with van der Waals surface area (Å²) in [6, 6.07) is 0. The van der Waals surface area contributed by atoms with E-state index < -0.39 is 35.8 Å². The van der Waals surface area contributed by atoms with Crippen molar-refractivity contribution in [2.45, 2.75) is 77.0 Å². The molecule has 0 aromatic carbocycles. The molecule has 0 unspecified atom stereocenters. The van der Waals surface area contributed by atoms with Crippen molar-refractivity contribution < 1.29 is 148 Å². The molecule has 0 aliphatic rings. The van der Waals surface area contributed by atoms with Gasteiger partial charge in [-0.25, -0.2) is 0 Å². The maximum Gasteiger partial charge on any atom is 1.00 e. The van der Waals surface area contributed by atoms with E-state index in [9.17, 15) is 28.8 Å². The van der Waals surface area contributed by atoms with Crippen LogP contribution in [0.1, 0.15) is 77.0 Å². The van der Waals surface area contributed by atoms with Gasteiger partial charge < -0.3 is 120 Å². The average Bonchev–Trinajstić information content (AvgIpc) is 2.94. The third-order valence-electron chi connectivity index (χ3n) is 5.69. The quantitative estimate of drug-likeness (QED) is 0.0301. The number of carboxylic acids is 6. The van der Waals surface area contributed by atoms with Gasteiger partial charge in [0.25, 0.3) is 0 Å². The van der Waals surface area contributed by atoms with Crippen LogP contribution in [-0.2, 0) is 66.7 Å². The predicted octanol–water partition coefficient (Wildman–Crippen LogP) is -6.44. The zero-order chi connectivity index (χ0) is 37.7. The molecule has 0 heterocycles. The van der Waals surface area contributed by atoms with Crippen LogP contribution in [0, 0.1) is 0 Å². The van der Waals surface area contributed by atoms with Gasteiger partial charge in [0.05, 0.1) is 0 Å². The molecule has 24 heteroatoms. The van der Waals surface area contributed by atoms with Crippen LogP contribution in [0.2, 0.25) is 0 Å². The molecule has 0 saturated heterocycles. The number of carboxylic acid groups (broad SMARTS) is 6. The Hall–Kier alpha value is 0.150. The summed E-state index contributed by atoms with van der Waals surface area (Å²) in [5.41, 5.74) is 0. The monoisotopic (exact) mass is 861 g/mol.